The van der Waals surface area contributed by atoms with Crippen molar-refractivity contribution in [3.63, 3.8) is 0 Å². The van der Waals surface area contributed by atoms with Crippen molar-refractivity contribution in [2.75, 3.05) is 6.54 Å². The Hall–Kier alpha value is -2.12. The van der Waals surface area contributed by atoms with E-state index in [1.165, 1.54) is 0 Å². The lowest BCUT2D eigenvalue weighted by Crippen LogP contribution is -2.51. The molecule has 4 N–H and O–H groups in total. The molecule has 6 nitrogen and oxygen atoms in total. The Balaban J connectivity index is 2.14. The monoisotopic (exact) mass is 507 g/mol. The molecule has 34 heavy (non-hydrogen) atoms. The van der Waals surface area contributed by atoms with Crippen molar-refractivity contribution < 1.29 is 14.7 Å². The maximum atomic E-state index is 13.4. The van der Waals surface area contributed by atoms with Crippen LogP contribution in [0.25, 0.3) is 0 Å². The molecule has 2 atom stereocenters. The number of hydrogen-bond acceptors (Lipinski definition) is 4. The van der Waals surface area contributed by atoms with E-state index in [0.29, 0.717) is 27.7 Å². The number of amides is 2. The summed E-state index contributed by atoms with van der Waals surface area (Å²) in [6, 6.07) is 11.3. The minimum atomic E-state index is -0.959. The molecule has 0 spiro atoms. The summed E-state index contributed by atoms with van der Waals surface area (Å²) < 4.78 is 0. The summed E-state index contributed by atoms with van der Waals surface area (Å²) in [6.45, 7) is 11.7. The number of aliphatic hydroxyl groups excluding tert-OH is 1. The van der Waals surface area contributed by atoms with Gasteiger partial charge in [-0.25, -0.2) is 0 Å². The number of benzene rings is 2. The molecule has 0 fully saturated rings. The largest absolute Gasteiger partial charge is 0.387 e. The number of nitrogens with one attached hydrogen (secondary N) is 1. The summed E-state index contributed by atoms with van der Waals surface area (Å²) in [7, 11) is 0. The van der Waals surface area contributed by atoms with Crippen LogP contribution in [0.1, 0.15) is 70.4 Å². The van der Waals surface area contributed by atoms with Gasteiger partial charge in [0.2, 0.25) is 11.8 Å². The van der Waals surface area contributed by atoms with E-state index < -0.39 is 23.1 Å². The highest BCUT2D eigenvalue weighted by atomic mass is 35.5. The minimum absolute atomic E-state index is 0.0372. The van der Waals surface area contributed by atoms with Gasteiger partial charge in [0, 0.05) is 17.5 Å². The third-order valence-corrected chi connectivity index (χ3v) is 6.24. The smallest absolute Gasteiger partial charge is 0.244 e. The van der Waals surface area contributed by atoms with Crippen LogP contribution >= 0.6 is 23.2 Å². The standard InChI is InChI=1S/C26H35Cl2N3O3/c1-25(2,3)24(34)30-14-16-7-9-17(10-8-16)22(29)23(33)31(26(4,5)6)15-21(32)18-11-12-19(27)20(28)13-18/h7-13,21-22,32H,14-15,29H2,1-6H3,(H,30,34)/t21-,22?/m1/s1. The molecule has 0 aliphatic carbocycles. The van der Waals surface area contributed by atoms with Crippen LogP contribution in [0, 0.1) is 5.41 Å². The SMILES string of the molecule is CC(C)(C)C(=O)NCc1ccc(C(N)C(=O)N(C[C@@H](O)c2ccc(Cl)c(Cl)c2)C(C)(C)C)cc1. The number of halogens is 2. The van der Waals surface area contributed by atoms with Crippen molar-refractivity contribution >= 4 is 35.0 Å². The molecule has 2 aromatic carbocycles. The second-order valence-electron chi connectivity index (χ2n) is 10.5. The molecule has 0 radical (unpaired) electrons. The summed E-state index contributed by atoms with van der Waals surface area (Å²) in [6.07, 6.45) is -0.959. The highest BCUT2D eigenvalue weighted by Crippen LogP contribution is 2.28. The minimum Gasteiger partial charge on any atom is -0.387 e. The fourth-order valence-electron chi connectivity index (χ4n) is 3.29. The second-order valence-corrected chi connectivity index (χ2v) is 11.3. The predicted octanol–water partition coefficient (Wildman–Crippen LogP) is 5.02. The molecule has 0 heterocycles. The van der Waals surface area contributed by atoms with Crippen LogP contribution in [0.15, 0.2) is 42.5 Å². The van der Waals surface area contributed by atoms with Gasteiger partial charge in [-0.05, 0) is 49.6 Å². The molecule has 0 saturated carbocycles. The van der Waals surface area contributed by atoms with E-state index in [2.05, 4.69) is 5.32 Å². The number of nitrogens with zero attached hydrogens (tertiary/aromatic N) is 1. The molecule has 2 amide bonds. The molecule has 1 unspecified atom stereocenters. The number of aliphatic hydroxyl groups is 1. The zero-order valence-electron chi connectivity index (χ0n) is 20.7. The summed E-state index contributed by atoms with van der Waals surface area (Å²) in [5.74, 6) is -0.342. The molecule has 2 aromatic rings. The quantitative estimate of drug-likeness (QED) is 0.490. The maximum absolute atomic E-state index is 13.4. The van der Waals surface area contributed by atoms with Gasteiger partial charge in [-0.1, -0.05) is 74.3 Å². The van der Waals surface area contributed by atoms with Gasteiger partial charge in [-0.3, -0.25) is 9.59 Å². The molecule has 0 aliphatic heterocycles. The van der Waals surface area contributed by atoms with Crippen LogP contribution in [-0.2, 0) is 16.1 Å². The summed E-state index contributed by atoms with van der Waals surface area (Å²) in [5, 5.41) is 14.4. The topological polar surface area (TPSA) is 95.7 Å². The molecule has 8 heteroatoms. The van der Waals surface area contributed by atoms with Gasteiger partial charge >= 0.3 is 0 Å². The van der Waals surface area contributed by atoms with E-state index in [0.717, 1.165) is 5.56 Å². The Bertz CT molecular complexity index is 1010. The number of hydrogen-bond donors (Lipinski definition) is 3. The zero-order valence-corrected chi connectivity index (χ0v) is 22.2. The van der Waals surface area contributed by atoms with Gasteiger partial charge in [0.1, 0.15) is 6.04 Å². The third kappa shape index (κ3) is 7.44. The average molecular weight is 508 g/mol. The number of carbonyl (C=O) groups excluding carboxylic acids is 2. The van der Waals surface area contributed by atoms with Gasteiger partial charge in [0.25, 0.3) is 0 Å². The molecule has 0 bridgehead atoms. The molecular formula is C26H35Cl2N3O3. The van der Waals surface area contributed by atoms with E-state index in [9.17, 15) is 14.7 Å². The van der Waals surface area contributed by atoms with Crippen molar-refractivity contribution in [2.45, 2.75) is 65.8 Å². The highest BCUT2D eigenvalue weighted by Gasteiger charge is 2.32. The molecule has 0 aromatic heterocycles. The Labute approximate surface area is 212 Å². The van der Waals surface area contributed by atoms with Crippen LogP contribution in [0.2, 0.25) is 10.0 Å². The lowest BCUT2D eigenvalue weighted by Gasteiger charge is -2.38. The molecule has 0 saturated heterocycles. The van der Waals surface area contributed by atoms with Crippen LogP contribution in [0.4, 0.5) is 0 Å². The molecule has 0 aliphatic rings. The van der Waals surface area contributed by atoms with Gasteiger partial charge in [-0.15, -0.1) is 0 Å². The number of nitrogens with two attached hydrogens (primary N) is 1. The Morgan fingerprint density at radius 3 is 2.03 bits per heavy atom. The highest BCUT2D eigenvalue weighted by molar-refractivity contribution is 6.42. The molecular weight excluding hydrogens is 473 g/mol. The lowest BCUT2D eigenvalue weighted by molar-refractivity contribution is -0.139. The first kappa shape index (κ1) is 28.1. The number of β-amino-alcohol motifs (C(OH)–C–C–N with tert-alkyl or cyclic N) is 1. The predicted molar refractivity (Wildman–Crippen MR) is 138 cm³/mol. The second kappa shape index (κ2) is 11.1. The van der Waals surface area contributed by atoms with E-state index in [-0.39, 0.29) is 18.4 Å². The summed E-state index contributed by atoms with van der Waals surface area (Å²) in [5.41, 5.74) is 7.41. The number of carbonyl (C=O) groups is 2. The van der Waals surface area contributed by atoms with Crippen molar-refractivity contribution in [1.82, 2.24) is 10.2 Å². The number of rotatable bonds is 7. The van der Waals surface area contributed by atoms with E-state index >= 15 is 0 Å². The summed E-state index contributed by atoms with van der Waals surface area (Å²) >= 11 is 12.1. The van der Waals surface area contributed by atoms with Gasteiger partial charge in [-0.2, -0.15) is 0 Å². The first-order valence-electron chi connectivity index (χ1n) is 11.2. The molecule has 2 rings (SSSR count). The average Bonchev–Trinajstić information content (AvgIpc) is 2.75. The molecule has 186 valence electrons. The summed E-state index contributed by atoms with van der Waals surface area (Å²) in [4.78, 5) is 27.0. The maximum Gasteiger partial charge on any atom is 0.244 e. The van der Waals surface area contributed by atoms with Crippen LogP contribution in [-0.4, -0.2) is 33.9 Å². The fraction of sp³-hybridized carbons (Fsp3) is 0.462. The first-order chi connectivity index (χ1) is 15.6. The van der Waals surface area contributed by atoms with Crippen LogP contribution in [0.3, 0.4) is 0 Å². The van der Waals surface area contributed by atoms with Crippen molar-refractivity contribution in [3.8, 4) is 0 Å². The van der Waals surface area contributed by atoms with E-state index in [1.54, 1.807) is 35.2 Å². The van der Waals surface area contributed by atoms with Crippen molar-refractivity contribution in [3.05, 3.63) is 69.2 Å². The Kier molecular flexibility index (Phi) is 9.16. The van der Waals surface area contributed by atoms with Crippen LogP contribution in [0.5, 0.6) is 0 Å². The van der Waals surface area contributed by atoms with Crippen LogP contribution < -0.4 is 11.1 Å². The fourth-order valence-corrected chi connectivity index (χ4v) is 3.60. The van der Waals surface area contributed by atoms with E-state index in [1.807, 2.05) is 53.7 Å². The van der Waals surface area contributed by atoms with Crippen molar-refractivity contribution in [2.24, 2.45) is 11.1 Å². The first-order valence-corrected chi connectivity index (χ1v) is 11.9. The van der Waals surface area contributed by atoms with Gasteiger partial charge in [0.05, 0.1) is 22.7 Å². The van der Waals surface area contributed by atoms with E-state index in [4.69, 9.17) is 28.9 Å². The van der Waals surface area contributed by atoms with Crippen molar-refractivity contribution in [1.29, 1.82) is 0 Å². The van der Waals surface area contributed by atoms with Gasteiger partial charge < -0.3 is 21.1 Å². The van der Waals surface area contributed by atoms with Gasteiger partial charge in [0.15, 0.2) is 0 Å². The lowest BCUT2D eigenvalue weighted by atomic mass is 9.95. The Morgan fingerprint density at radius 2 is 1.53 bits per heavy atom. The normalized spacial score (nSPS) is 13.8. The Morgan fingerprint density at radius 1 is 0.971 bits per heavy atom. The third-order valence-electron chi connectivity index (χ3n) is 5.50. The zero-order chi connectivity index (χ0) is 25.8.